The summed E-state index contributed by atoms with van der Waals surface area (Å²) >= 11 is 0. The number of nitriles is 1. The van der Waals surface area contributed by atoms with Crippen LogP contribution in [0.1, 0.15) is 11.1 Å². The van der Waals surface area contributed by atoms with Gasteiger partial charge in [0.1, 0.15) is 11.8 Å². The number of benzene rings is 2. The van der Waals surface area contributed by atoms with E-state index in [1.807, 2.05) is 48.7 Å². The van der Waals surface area contributed by atoms with Crippen molar-refractivity contribution in [3.63, 3.8) is 0 Å². The average Bonchev–Trinajstić information content (AvgIpc) is 2.86. The summed E-state index contributed by atoms with van der Waals surface area (Å²) in [6.07, 6.45) is 1.91. The predicted octanol–water partition coefficient (Wildman–Crippen LogP) is 3.57. The number of fused-ring (bicyclic) bond motifs is 1. The molecule has 0 unspecified atom stereocenters. The SMILES string of the molecule is COc1cccc(Cn2cc(C#N)c3ccccc32)c1. The molecule has 0 aliphatic heterocycles. The van der Waals surface area contributed by atoms with Crippen molar-refractivity contribution >= 4 is 10.9 Å². The van der Waals surface area contributed by atoms with Crippen molar-refractivity contribution in [2.75, 3.05) is 7.11 Å². The van der Waals surface area contributed by atoms with Crippen molar-refractivity contribution in [3.05, 3.63) is 65.9 Å². The third-order valence-corrected chi connectivity index (χ3v) is 3.40. The second-order valence-electron chi connectivity index (χ2n) is 4.65. The van der Waals surface area contributed by atoms with Gasteiger partial charge in [-0.05, 0) is 23.8 Å². The Morgan fingerprint density at radius 3 is 2.80 bits per heavy atom. The van der Waals surface area contributed by atoms with Gasteiger partial charge in [0.25, 0.3) is 0 Å². The number of ether oxygens (including phenoxy) is 1. The third kappa shape index (κ3) is 2.12. The molecule has 3 aromatic rings. The quantitative estimate of drug-likeness (QED) is 0.723. The summed E-state index contributed by atoms with van der Waals surface area (Å²) < 4.78 is 7.34. The Balaban J connectivity index is 2.04. The normalized spacial score (nSPS) is 10.4. The van der Waals surface area contributed by atoms with Crippen molar-refractivity contribution in [2.45, 2.75) is 6.54 Å². The summed E-state index contributed by atoms with van der Waals surface area (Å²) in [4.78, 5) is 0. The van der Waals surface area contributed by atoms with E-state index >= 15 is 0 Å². The van der Waals surface area contributed by atoms with Crippen molar-refractivity contribution in [2.24, 2.45) is 0 Å². The minimum Gasteiger partial charge on any atom is -0.497 e. The number of nitrogens with zero attached hydrogens (tertiary/aromatic N) is 2. The maximum Gasteiger partial charge on any atom is 0.119 e. The van der Waals surface area contributed by atoms with Crippen LogP contribution in [-0.4, -0.2) is 11.7 Å². The van der Waals surface area contributed by atoms with E-state index in [-0.39, 0.29) is 0 Å². The van der Waals surface area contributed by atoms with Gasteiger partial charge >= 0.3 is 0 Å². The van der Waals surface area contributed by atoms with Gasteiger partial charge in [0.15, 0.2) is 0 Å². The summed E-state index contributed by atoms with van der Waals surface area (Å²) in [5.74, 6) is 0.847. The summed E-state index contributed by atoms with van der Waals surface area (Å²) in [5, 5.41) is 10.2. The van der Waals surface area contributed by atoms with Crippen molar-refractivity contribution in [1.82, 2.24) is 4.57 Å². The molecule has 0 bridgehead atoms. The van der Waals surface area contributed by atoms with Crippen molar-refractivity contribution in [3.8, 4) is 11.8 Å². The summed E-state index contributed by atoms with van der Waals surface area (Å²) in [7, 11) is 1.66. The van der Waals surface area contributed by atoms with Crippen LogP contribution in [0.4, 0.5) is 0 Å². The summed E-state index contributed by atoms with van der Waals surface area (Å²) in [6, 6.07) is 18.2. The number of methoxy groups -OCH3 is 1. The zero-order chi connectivity index (χ0) is 13.9. The molecule has 1 heterocycles. The lowest BCUT2D eigenvalue weighted by Gasteiger charge is -2.07. The second kappa shape index (κ2) is 5.10. The van der Waals surface area contributed by atoms with Crippen LogP contribution in [0.15, 0.2) is 54.7 Å². The zero-order valence-electron chi connectivity index (χ0n) is 11.2. The molecule has 0 aliphatic rings. The average molecular weight is 262 g/mol. The van der Waals surface area contributed by atoms with E-state index in [2.05, 4.69) is 16.7 Å². The fourth-order valence-electron chi connectivity index (χ4n) is 2.43. The van der Waals surface area contributed by atoms with Gasteiger partial charge in [0, 0.05) is 23.6 Å². The van der Waals surface area contributed by atoms with Crippen LogP contribution in [0.2, 0.25) is 0 Å². The monoisotopic (exact) mass is 262 g/mol. The second-order valence-corrected chi connectivity index (χ2v) is 4.65. The molecule has 20 heavy (non-hydrogen) atoms. The van der Waals surface area contributed by atoms with E-state index in [1.54, 1.807) is 7.11 Å². The first-order valence-corrected chi connectivity index (χ1v) is 6.42. The van der Waals surface area contributed by atoms with Gasteiger partial charge in [-0.15, -0.1) is 0 Å². The summed E-state index contributed by atoms with van der Waals surface area (Å²) in [5.41, 5.74) is 2.94. The van der Waals surface area contributed by atoms with Crippen LogP contribution in [0.3, 0.4) is 0 Å². The Morgan fingerprint density at radius 1 is 1.15 bits per heavy atom. The number of rotatable bonds is 3. The van der Waals surface area contributed by atoms with Crippen molar-refractivity contribution < 1.29 is 4.74 Å². The van der Waals surface area contributed by atoms with E-state index in [4.69, 9.17) is 4.74 Å². The van der Waals surface area contributed by atoms with E-state index in [1.165, 1.54) is 0 Å². The molecular formula is C17H14N2O. The smallest absolute Gasteiger partial charge is 0.119 e. The van der Waals surface area contributed by atoms with Crippen molar-refractivity contribution in [1.29, 1.82) is 5.26 Å². The Bertz CT molecular complexity index is 796. The lowest BCUT2D eigenvalue weighted by molar-refractivity contribution is 0.414. The maximum absolute atomic E-state index is 9.21. The standard InChI is InChI=1S/C17H14N2O/c1-20-15-6-4-5-13(9-15)11-19-12-14(10-18)16-7-2-3-8-17(16)19/h2-9,12H,11H2,1H3. The van der Waals surface area contributed by atoms with Crippen LogP contribution in [0.5, 0.6) is 5.75 Å². The number of aromatic nitrogens is 1. The number of para-hydroxylation sites is 1. The largest absolute Gasteiger partial charge is 0.497 e. The topological polar surface area (TPSA) is 38.0 Å². The van der Waals surface area contributed by atoms with Gasteiger partial charge < -0.3 is 9.30 Å². The van der Waals surface area contributed by atoms with E-state index in [0.717, 1.165) is 28.8 Å². The lowest BCUT2D eigenvalue weighted by atomic mass is 10.2. The molecule has 0 aliphatic carbocycles. The molecule has 2 aromatic carbocycles. The molecule has 0 atom stereocenters. The third-order valence-electron chi connectivity index (χ3n) is 3.40. The maximum atomic E-state index is 9.21. The van der Waals surface area contributed by atoms with E-state index < -0.39 is 0 Å². The number of hydrogen-bond donors (Lipinski definition) is 0. The molecule has 3 heteroatoms. The molecule has 0 saturated carbocycles. The van der Waals surface area contributed by atoms with Gasteiger partial charge in [-0.25, -0.2) is 0 Å². The Morgan fingerprint density at radius 2 is 2.00 bits per heavy atom. The lowest BCUT2D eigenvalue weighted by Crippen LogP contribution is -1.98. The predicted molar refractivity (Wildman–Crippen MR) is 78.7 cm³/mol. The van der Waals surface area contributed by atoms with Gasteiger partial charge in [0.05, 0.1) is 12.7 Å². The first-order valence-electron chi connectivity index (χ1n) is 6.42. The first kappa shape index (κ1) is 12.3. The minimum absolute atomic E-state index is 0.712. The van der Waals surface area contributed by atoms with E-state index in [9.17, 15) is 5.26 Å². The van der Waals surface area contributed by atoms with E-state index in [0.29, 0.717) is 5.56 Å². The molecule has 0 N–H and O–H groups in total. The molecule has 0 amide bonds. The van der Waals surface area contributed by atoms with Crippen LogP contribution in [-0.2, 0) is 6.54 Å². The fourth-order valence-corrected chi connectivity index (χ4v) is 2.43. The fraction of sp³-hybridized carbons (Fsp3) is 0.118. The molecule has 98 valence electrons. The van der Waals surface area contributed by atoms with Crippen LogP contribution in [0, 0.1) is 11.3 Å². The number of hydrogen-bond acceptors (Lipinski definition) is 2. The minimum atomic E-state index is 0.712. The highest BCUT2D eigenvalue weighted by atomic mass is 16.5. The highest BCUT2D eigenvalue weighted by Crippen LogP contribution is 2.22. The zero-order valence-corrected chi connectivity index (χ0v) is 11.2. The van der Waals surface area contributed by atoms with Crippen LogP contribution < -0.4 is 4.74 Å². The highest BCUT2D eigenvalue weighted by Gasteiger charge is 2.08. The molecule has 3 nitrogen and oxygen atoms in total. The van der Waals surface area contributed by atoms with Gasteiger partial charge in [0.2, 0.25) is 0 Å². The molecule has 0 saturated heterocycles. The Labute approximate surface area is 117 Å². The molecular weight excluding hydrogens is 248 g/mol. The molecule has 3 rings (SSSR count). The Kier molecular flexibility index (Phi) is 3.14. The van der Waals surface area contributed by atoms with Gasteiger partial charge in [-0.1, -0.05) is 30.3 Å². The molecule has 0 fully saturated rings. The molecule has 0 spiro atoms. The highest BCUT2D eigenvalue weighted by molar-refractivity contribution is 5.86. The van der Waals surface area contributed by atoms with Crippen LogP contribution >= 0.6 is 0 Å². The van der Waals surface area contributed by atoms with Gasteiger partial charge in [-0.3, -0.25) is 0 Å². The molecule has 1 aromatic heterocycles. The van der Waals surface area contributed by atoms with Crippen LogP contribution in [0.25, 0.3) is 10.9 Å². The first-order chi connectivity index (χ1) is 9.81. The van der Waals surface area contributed by atoms with Gasteiger partial charge in [-0.2, -0.15) is 5.26 Å². The Hall–Kier alpha value is -2.73. The molecule has 0 radical (unpaired) electrons. The summed E-state index contributed by atoms with van der Waals surface area (Å²) in [6.45, 7) is 0.722.